The van der Waals surface area contributed by atoms with Crippen molar-refractivity contribution in [3.63, 3.8) is 0 Å². The van der Waals surface area contributed by atoms with Gasteiger partial charge in [-0.25, -0.2) is 0 Å². The fourth-order valence-electron chi connectivity index (χ4n) is 5.05. The molecule has 0 amide bonds. The number of thiocarbonyl (C=S) groups is 1. The normalized spacial score (nSPS) is 23.0. The Morgan fingerprint density at radius 1 is 1.19 bits per heavy atom. The van der Waals surface area contributed by atoms with Crippen LogP contribution in [0.1, 0.15) is 47.6 Å². The lowest BCUT2D eigenvalue weighted by molar-refractivity contribution is 0.0842. The van der Waals surface area contributed by atoms with E-state index in [1.807, 2.05) is 36.5 Å². The molecule has 0 aliphatic carbocycles. The Bertz CT molecular complexity index is 1130. The molecule has 3 unspecified atom stereocenters. The molecule has 2 aliphatic heterocycles. The first-order valence-electron chi connectivity index (χ1n) is 11.1. The van der Waals surface area contributed by atoms with Gasteiger partial charge in [0.15, 0.2) is 5.11 Å². The number of ether oxygens (including phenoxy) is 1. The van der Waals surface area contributed by atoms with Gasteiger partial charge >= 0.3 is 0 Å². The zero-order valence-electron chi connectivity index (χ0n) is 18.3. The van der Waals surface area contributed by atoms with Crippen molar-refractivity contribution in [3.05, 3.63) is 82.4 Å². The number of hydrogen-bond donors (Lipinski definition) is 1. The Kier molecular flexibility index (Phi) is 5.93. The molecule has 5 rings (SSSR count). The Morgan fingerprint density at radius 3 is 2.78 bits per heavy atom. The highest BCUT2D eigenvalue weighted by atomic mass is 35.5. The van der Waals surface area contributed by atoms with Crippen LogP contribution in [0.15, 0.2) is 54.7 Å². The van der Waals surface area contributed by atoms with Gasteiger partial charge in [-0.15, -0.1) is 0 Å². The van der Waals surface area contributed by atoms with E-state index < -0.39 is 0 Å². The molecule has 2 aliphatic rings. The van der Waals surface area contributed by atoms with Crippen LogP contribution in [0.4, 0.5) is 0 Å². The summed E-state index contributed by atoms with van der Waals surface area (Å²) in [5, 5.41) is 5.04. The van der Waals surface area contributed by atoms with Gasteiger partial charge in [0.1, 0.15) is 0 Å². The highest BCUT2D eigenvalue weighted by Gasteiger charge is 2.42. The topological polar surface area (TPSA) is 42.3 Å². The summed E-state index contributed by atoms with van der Waals surface area (Å²) in [6.45, 7) is 5.92. The van der Waals surface area contributed by atoms with E-state index in [9.17, 15) is 0 Å². The van der Waals surface area contributed by atoms with Gasteiger partial charge in [0, 0.05) is 41.4 Å². The summed E-state index contributed by atoms with van der Waals surface area (Å²) < 4.78 is 8.23. The molecule has 0 bridgehead atoms. The number of nitrogens with zero attached hydrogens (tertiary/aromatic N) is 3. The second-order valence-corrected chi connectivity index (χ2v) is 9.38. The Balaban J connectivity index is 1.59. The molecule has 2 aromatic heterocycles. The summed E-state index contributed by atoms with van der Waals surface area (Å²) in [6, 6.07) is 16.3. The highest BCUT2D eigenvalue weighted by Crippen LogP contribution is 2.42. The van der Waals surface area contributed by atoms with E-state index >= 15 is 0 Å². The number of aryl methyl sites for hydroxylation is 1. The van der Waals surface area contributed by atoms with Crippen LogP contribution in [0.3, 0.4) is 0 Å². The smallest absolute Gasteiger partial charge is 0.170 e. The molecule has 0 radical (unpaired) electrons. The van der Waals surface area contributed by atoms with Crippen LogP contribution in [-0.2, 0) is 4.74 Å². The van der Waals surface area contributed by atoms with Crippen molar-refractivity contribution in [1.29, 1.82) is 0 Å². The SMILES string of the molecule is Cc1cc(C2C(c3ccccn3)NC(=S)N2CC2CCCO2)c(C)n1-c1cccc(Cl)c1. The van der Waals surface area contributed by atoms with E-state index in [-0.39, 0.29) is 18.2 Å². The first-order chi connectivity index (χ1) is 15.5. The van der Waals surface area contributed by atoms with E-state index in [0.717, 1.165) is 53.2 Å². The van der Waals surface area contributed by atoms with Crippen LogP contribution in [0.25, 0.3) is 5.69 Å². The molecule has 3 aromatic rings. The van der Waals surface area contributed by atoms with Crippen molar-refractivity contribution in [3.8, 4) is 5.69 Å². The summed E-state index contributed by atoms with van der Waals surface area (Å²) >= 11 is 12.1. The predicted octanol–water partition coefficient (Wildman–Crippen LogP) is 5.29. The molecule has 3 atom stereocenters. The number of pyridine rings is 1. The van der Waals surface area contributed by atoms with Crippen LogP contribution in [-0.4, -0.2) is 38.8 Å². The Labute approximate surface area is 199 Å². The van der Waals surface area contributed by atoms with Crippen molar-refractivity contribution >= 4 is 28.9 Å². The molecular weight excluding hydrogens is 440 g/mol. The molecule has 5 nitrogen and oxygen atoms in total. The maximum atomic E-state index is 6.30. The third-order valence-corrected chi connectivity index (χ3v) is 7.06. The lowest BCUT2D eigenvalue weighted by atomic mass is 9.96. The molecule has 166 valence electrons. The monoisotopic (exact) mass is 466 g/mol. The zero-order valence-corrected chi connectivity index (χ0v) is 19.9. The Morgan fingerprint density at radius 2 is 2.06 bits per heavy atom. The average Bonchev–Trinajstić information content (AvgIpc) is 3.48. The fraction of sp³-hybridized carbons (Fsp3) is 0.360. The second kappa shape index (κ2) is 8.85. The molecule has 1 aromatic carbocycles. The predicted molar refractivity (Wildman–Crippen MR) is 131 cm³/mol. The van der Waals surface area contributed by atoms with Gasteiger partial charge in [-0.05, 0) is 80.9 Å². The van der Waals surface area contributed by atoms with E-state index in [1.165, 1.54) is 11.3 Å². The van der Waals surface area contributed by atoms with E-state index in [2.05, 4.69) is 51.8 Å². The van der Waals surface area contributed by atoms with Gasteiger partial charge in [0.25, 0.3) is 0 Å². The third-order valence-electron chi connectivity index (χ3n) is 6.48. The van der Waals surface area contributed by atoms with E-state index in [1.54, 1.807) is 0 Å². The molecule has 1 N–H and O–H groups in total. The van der Waals surface area contributed by atoms with Crippen LogP contribution >= 0.6 is 23.8 Å². The molecular formula is C25H27ClN4OS. The lowest BCUT2D eigenvalue weighted by Gasteiger charge is -2.30. The number of rotatable bonds is 5. The molecule has 4 heterocycles. The van der Waals surface area contributed by atoms with Crippen molar-refractivity contribution in [2.45, 2.75) is 44.9 Å². The van der Waals surface area contributed by atoms with Gasteiger partial charge in [0.2, 0.25) is 0 Å². The summed E-state index contributed by atoms with van der Waals surface area (Å²) in [6.07, 6.45) is 4.23. The second-order valence-electron chi connectivity index (χ2n) is 8.56. The summed E-state index contributed by atoms with van der Waals surface area (Å²) in [5.74, 6) is 0. The minimum atomic E-state index is -0.0292. The minimum Gasteiger partial charge on any atom is -0.376 e. The molecule has 0 saturated carbocycles. The van der Waals surface area contributed by atoms with Gasteiger partial charge in [-0.2, -0.15) is 0 Å². The zero-order chi connectivity index (χ0) is 22.2. The lowest BCUT2D eigenvalue weighted by Crippen LogP contribution is -2.36. The molecule has 2 saturated heterocycles. The van der Waals surface area contributed by atoms with Crippen LogP contribution in [0.2, 0.25) is 5.02 Å². The van der Waals surface area contributed by atoms with Gasteiger partial charge in [-0.1, -0.05) is 23.7 Å². The van der Waals surface area contributed by atoms with Crippen molar-refractivity contribution in [2.75, 3.05) is 13.2 Å². The molecule has 2 fully saturated rings. The highest BCUT2D eigenvalue weighted by molar-refractivity contribution is 7.80. The van der Waals surface area contributed by atoms with Gasteiger partial charge in [0.05, 0.1) is 23.9 Å². The maximum Gasteiger partial charge on any atom is 0.170 e. The third kappa shape index (κ3) is 3.91. The van der Waals surface area contributed by atoms with Crippen molar-refractivity contribution < 1.29 is 4.74 Å². The van der Waals surface area contributed by atoms with Crippen LogP contribution < -0.4 is 5.32 Å². The largest absolute Gasteiger partial charge is 0.376 e. The number of benzene rings is 1. The van der Waals surface area contributed by atoms with Crippen LogP contribution in [0, 0.1) is 13.8 Å². The Hall–Kier alpha value is -2.41. The van der Waals surface area contributed by atoms with E-state index in [0.29, 0.717) is 0 Å². The summed E-state index contributed by atoms with van der Waals surface area (Å²) in [4.78, 5) is 6.96. The number of halogens is 1. The van der Waals surface area contributed by atoms with Gasteiger partial charge in [-0.3, -0.25) is 4.98 Å². The van der Waals surface area contributed by atoms with Gasteiger partial charge < -0.3 is 19.5 Å². The minimum absolute atomic E-state index is 0.0285. The van der Waals surface area contributed by atoms with E-state index in [4.69, 9.17) is 28.6 Å². The number of aromatic nitrogens is 2. The van der Waals surface area contributed by atoms with Crippen molar-refractivity contribution in [2.24, 2.45) is 0 Å². The number of hydrogen-bond acceptors (Lipinski definition) is 3. The first kappa shape index (κ1) is 21.4. The number of nitrogens with one attached hydrogen (secondary N) is 1. The molecule has 7 heteroatoms. The quantitative estimate of drug-likeness (QED) is 0.517. The van der Waals surface area contributed by atoms with Crippen LogP contribution in [0.5, 0.6) is 0 Å². The average molecular weight is 467 g/mol. The first-order valence-corrected chi connectivity index (χ1v) is 11.9. The standard InChI is InChI=1S/C25H27ClN4OS/c1-16-13-21(17(2)30(16)19-8-5-7-18(26)14-19)24-23(22-10-3-4-11-27-22)28-25(32)29(24)15-20-9-6-12-31-20/h3-5,7-8,10-11,13-14,20,23-24H,6,9,12,15H2,1-2H3,(H,28,32). The summed E-state index contributed by atoms with van der Waals surface area (Å²) in [5.41, 5.74) is 5.63. The molecule has 32 heavy (non-hydrogen) atoms. The maximum absolute atomic E-state index is 6.30. The van der Waals surface area contributed by atoms with Crippen molar-refractivity contribution in [1.82, 2.24) is 19.8 Å². The summed E-state index contributed by atoms with van der Waals surface area (Å²) in [7, 11) is 0. The molecule has 0 spiro atoms. The fourth-order valence-corrected chi connectivity index (χ4v) is 5.55.